The molecule has 1 aromatic rings. The Balaban J connectivity index is 2.63. The van der Waals surface area contributed by atoms with Gasteiger partial charge in [0, 0.05) is 19.3 Å². The van der Waals surface area contributed by atoms with Crippen LogP contribution in [0.3, 0.4) is 0 Å². The SMILES string of the molecule is C=CCNCc1cc(C(=O)O)ccn1. The Bertz CT molecular complexity index is 337. The molecule has 0 bridgehead atoms. The van der Waals surface area contributed by atoms with Crippen LogP contribution in [0.2, 0.25) is 0 Å². The average Bonchev–Trinajstić information content (AvgIpc) is 2.19. The van der Waals surface area contributed by atoms with Crippen LogP contribution in [-0.4, -0.2) is 22.6 Å². The van der Waals surface area contributed by atoms with Crippen molar-refractivity contribution in [2.24, 2.45) is 0 Å². The number of aromatic nitrogens is 1. The molecule has 0 atom stereocenters. The van der Waals surface area contributed by atoms with Crippen molar-refractivity contribution in [1.29, 1.82) is 0 Å². The largest absolute Gasteiger partial charge is 0.478 e. The van der Waals surface area contributed by atoms with Gasteiger partial charge in [0.05, 0.1) is 11.3 Å². The third-order valence-electron chi connectivity index (χ3n) is 1.66. The molecule has 0 spiro atoms. The monoisotopic (exact) mass is 192 g/mol. The second-order valence-electron chi connectivity index (χ2n) is 2.76. The molecule has 1 heterocycles. The van der Waals surface area contributed by atoms with E-state index < -0.39 is 5.97 Å². The van der Waals surface area contributed by atoms with Crippen LogP contribution in [0.25, 0.3) is 0 Å². The molecule has 1 rings (SSSR count). The molecule has 0 unspecified atom stereocenters. The van der Waals surface area contributed by atoms with Gasteiger partial charge in [0.2, 0.25) is 0 Å². The van der Waals surface area contributed by atoms with E-state index in [9.17, 15) is 4.79 Å². The number of hydrogen-bond donors (Lipinski definition) is 2. The zero-order chi connectivity index (χ0) is 10.4. The van der Waals surface area contributed by atoms with Crippen molar-refractivity contribution in [2.45, 2.75) is 6.54 Å². The molecule has 4 nitrogen and oxygen atoms in total. The molecule has 2 N–H and O–H groups in total. The molecule has 4 heteroatoms. The Morgan fingerprint density at radius 3 is 3.14 bits per heavy atom. The van der Waals surface area contributed by atoms with Gasteiger partial charge in [0.1, 0.15) is 0 Å². The van der Waals surface area contributed by atoms with Gasteiger partial charge in [-0.25, -0.2) is 4.79 Å². The maximum atomic E-state index is 10.6. The molecular weight excluding hydrogens is 180 g/mol. The summed E-state index contributed by atoms with van der Waals surface area (Å²) < 4.78 is 0. The van der Waals surface area contributed by atoms with Crippen LogP contribution in [0.15, 0.2) is 31.0 Å². The summed E-state index contributed by atoms with van der Waals surface area (Å²) in [6.45, 7) is 4.79. The lowest BCUT2D eigenvalue weighted by molar-refractivity contribution is 0.0696. The maximum Gasteiger partial charge on any atom is 0.335 e. The fourth-order valence-electron chi connectivity index (χ4n) is 1.01. The van der Waals surface area contributed by atoms with E-state index in [-0.39, 0.29) is 5.56 Å². The Labute approximate surface area is 82.3 Å². The molecule has 0 radical (unpaired) electrons. The predicted octanol–water partition coefficient (Wildman–Crippen LogP) is 1.06. The maximum absolute atomic E-state index is 10.6. The topological polar surface area (TPSA) is 62.2 Å². The summed E-state index contributed by atoms with van der Waals surface area (Å²) in [5.41, 5.74) is 0.974. The fraction of sp³-hybridized carbons (Fsp3) is 0.200. The molecule has 0 aliphatic heterocycles. The summed E-state index contributed by atoms with van der Waals surface area (Å²) in [6, 6.07) is 3.03. The first kappa shape index (κ1) is 10.4. The minimum absolute atomic E-state index is 0.260. The molecule has 0 saturated heterocycles. The van der Waals surface area contributed by atoms with Gasteiger partial charge in [-0.15, -0.1) is 6.58 Å². The number of aromatic carboxylic acids is 1. The first-order valence-electron chi connectivity index (χ1n) is 4.24. The van der Waals surface area contributed by atoms with Gasteiger partial charge in [-0.3, -0.25) is 4.98 Å². The Hall–Kier alpha value is -1.68. The lowest BCUT2D eigenvalue weighted by Gasteiger charge is -2.01. The van der Waals surface area contributed by atoms with Gasteiger partial charge < -0.3 is 10.4 Å². The zero-order valence-corrected chi connectivity index (χ0v) is 7.73. The second kappa shape index (κ2) is 5.14. The van der Waals surface area contributed by atoms with Gasteiger partial charge >= 0.3 is 5.97 Å². The van der Waals surface area contributed by atoms with Crippen LogP contribution < -0.4 is 5.32 Å². The first-order valence-corrected chi connectivity index (χ1v) is 4.24. The number of hydrogen-bond acceptors (Lipinski definition) is 3. The predicted molar refractivity (Wildman–Crippen MR) is 53.1 cm³/mol. The van der Waals surface area contributed by atoms with Crippen LogP contribution in [0.1, 0.15) is 16.1 Å². The highest BCUT2D eigenvalue weighted by Crippen LogP contribution is 2.01. The summed E-state index contributed by atoms with van der Waals surface area (Å²) in [4.78, 5) is 14.7. The van der Waals surface area contributed by atoms with Crippen LogP contribution in [0, 0.1) is 0 Å². The van der Waals surface area contributed by atoms with E-state index in [1.165, 1.54) is 12.3 Å². The van der Waals surface area contributed by atoms with Crippen LogP contribution in [0.4, 0.5) is 0 Å². The van der Waals surface area contributed by atoms with E-state index in [1.807, 2.05) is 0 Å². The molecule has 0 fully saturated rings. The van der Waals surface area contributed by atoms with Crippen LogP contribution in [0.5, 0.6) is 0 Å². The number of carboxylic acid groups (broad SMARTS) is 1. The number of nitrogens with zero attached hydrogens (tertiary/aromatic N) is 1. The smallest absolute Gasteiger partial charge is 0.335 e. The quantitative estimate of drug-likeness (QED) is 0.541. The molecule has 1 aromatic heterocycles. The van der Waals surface area contributed by atoms with E-state index in [0.29, 0.717) is 18.8 Å². The molecule has 74 valence electrons. The number of carboxylic acids is 1. The van der Waals surface area contributed by atoms with E-state index in [4.69, 9.17) is 5.11 Å². The molecule has 0 saturated carbocycles. The Morgan fingerprint density at radius 2 is 2.50 bits per heavy atom. The minimum Gasteiger partial charge on any atom is -0.478 e. The molecule has 0 aliphatic rings. The molecule has 0 aromatic carbocycles. The van der Waals surface area contributed by atoms with Crippen LogP contribution >= 0.6 is 0 Å². The first-order chi connectivity index (χ1) is 6.74. The lowest BCUT2D eigenvalue weighted by atomic mass is 10.2. The lowest BCUT2D eigenvalue weighted by Crippen LogP contribution is -2.14. The van der Waals surface area contributed by atoms with E-state index in [1.54, 1.807) is 12.1 Å². The Morgan fingerprint density at radius 1 is 1.71 bits per heavy atom. The molecule has 0 aliphatic carbocycles. The highest BCUT2D eigenvalue weighted by atomic mass is 16.4. The highest BCUT2D eigenvalue weighted by molar-refractivity contribution is 5.87. The summed E-state index contributed by atoms with van der Waals surface area (Å²) in [5, 5.41) is 11.8. The van der Waals surface area contributed by atoms with E-state index in [2.05, 4.69) is 16.9 Å². The second-order valence-corrected chi connectivity index (χ2v) is 2.76. The van der Waals surface area contributed by atoms with Gasteiger partial charge in [-0.2, -0.15) is 0 Å². The standard InChI is InChI=1S/C10H12N2O2/c1-2-4-11-7-9-6-8(10(13)14)3-5-12-9/h2-3,5-6,11H,1,4,7H2,(H,13,14). The third-order valence-corrected chi connectivity index (χ3v) is 1.66. The van der Waals surface area contributed by atoms with Crippen LogP contribution in [-0.2, 0) is 6.54 Å². The van der Waals surface area contributed by atoms with Crippen molar-refractivity contribution in [3.05, 3.63) is 42.2 Å². The van der Waals surface area contributed by atoms with Crippen molar-refractivity contribution in [1.82, 2.24) is 10.3 Å². The molecular formula is C10H12N2O2. The number of carbonyl (C=O) groups is 1. The average molecular weight is 192 g/mol. The summed E-state index contributed by atoms with van der Waals surface area (Å²) >= 11 is 0. The van der Waals surface area contributed by atoms with E-state index in [0.717, 1.165) is 0 Å². The minimum atomic E-state index is -0.933. The van der Waals surface area contributed by atoms with Crippen molar-refractivity contribution in [2.75, 3.05) is 6.54 Å². The zero-order valence-electron chi connectivity index (χ0n) is 7.73. The van der Waals surface area contributed by atoms with E-state index >= 15 is 0 Å². The van der Waals surface area contributed by atoms with Gasteiger partial charge in [0.15, 0.2) is 0 Å². The van der Waals surface area contributed by atoms with Crippen molar-refractivity contribution in [3.8, 4) is 0 Å². The molecule has 14 heavy (non-hydrogen) atoms. The van der Waals surface area contributed by atoms with Gasteiger partial charge in [-0.1, -0.05) is 6.08 Å². The number of pyridine rings is 1. The highest BCUT2D eigenvalue weighted by Gasteiger charge is 2.03. The Kier molecular flexibility index (Phi) is 3.82. The van der Waals surface area contributed by atoms with Gasteiger partial charge in [0.25, 0.3) is 0 Å². The van der Waals surface area contributed by atoms with Crippen molar-refractivity contribution < 1.29 is 9.90 Å². The summed E-state index contributed by atoms with van der Waals surface area (Å²) in [6.07, 6.45) is 3.23. The van der Waals surface area contributed by atoms with Gasteiger partial charge in [-0.05, 0) is 12.1 Å². The fourth-order valence-corrected chi connectivity index (χ4v) is 1.01. The number of rotatable bonds is 5. The third kappa shape index (κ3) is 2.99. The van der Waals surface area contributed by atoms with Crippen molar-refractivity contribution >= 4 is 5.97 Å². The van der Waals surface area contributed by atoms with Crippen molar-refractivity contribution in [3.63, 3.8) is 0 Å². The molecule has 0 amide bonds. The number of nitrogens with one attached hydrogen (secondary N) is 1. The summed E-state index contributed by atoms with van der Waals surface area (Å²) in [7, 11) is 0. The summed E-state index contributed by atoms with van der Waals surface area (Å²) in [5.74, 6) is -0.933. The normalized spacial score (nSPS) is 9.71.